The number of hydrogen-bond donors (Lipinski definition) is 2. The van der Waals surface area contributed by atoms with Gasteiger partial charge in [0.15, 0.2) is 5.96 Å². The zero-order valence-electron chi connectivity index (χ0n) is 18.0. The van der Waals surface area contributed by atoms with E-state index < -0.39 is 0 Å². The monoisotopic (exact) mass is 394 g/mol. The van der Waals surface area contributed by atoms with Crippen molar-refractivity contribution in [3.8, 4) is 0 Å². The third-order valence-electron chi connectivity index (χ3n) is 6.53. The lowest BCUT2D eigenvalue weighted by molar-refractivity contribution is -0.0320. The summed E-state index contributed by atoms with van der Waals surface area (Å²) in [6, 6.07) is 0.548. The third kappa shape index (κ3) is 7.88. The summed E-state index contributed by atoms with van der Waals surface area (Å²) in [5.74, 6) is 1.90. The number of nitrogens with zero attached hydrogens (tertiary/aromatic N) is 2. The van der Waals surface area contributed by atoms with Crippen molar-refractivity contribution in [3.63, 3.8) is 0 Å². The SMILES string of the molecule is CN=C(NCCCOC1CCOCC1)NC1CCN(CC2CCCCC2)CC1. The fraction of sp³-hybridized carbons (Fsp3) is 0.955. The second kappa shape index (κ2) is 12.7. The highest BCUT2D eigenvalue weighted by molar-refractivity contribution is 5.79. The molecule has 2 saturated heterocycles. The Hall–Kier alpha value is -0.850. The van der Waals surface area contributed by atoms with Gasteiger partial charge in [-0.15, -0.1) is 0 Å². The summed E-state index contributed by atoms with van der Waals surface area (Å²) in [7, 11) is 1.87. The van der Waals surface area contributed by atoms with Crippen LogP contribution in [-0.4, -0.2) is 76.1 Å². The summed E-state index contributed by atoms with van der Waals surface area (Å²) in [6.45, 7) is 7.19. The van der Waals surface area contributed by atoms with Crippen LogP contribution < -0.4 is 10.6 Å². The molecule has 0 aromatic carbocycles. The number of hydrogen-bond acceptors (Lipinski definition) is 4. The molecule has 0 aromatic heterocycles. The molecule has 2 aliphatic heterocycles. The van der Waals surface area contributed by atoms with Crippen molar-refractivity contribution in [1.29, 1.82) is 0 Å². The van der Waals surface area contributed by atoms with Crippen molar-refractivity contribution in [2.24, 2.45) is 10.9 Å². The van der Waals surface area contributed by atoms with E-state index >= 15 is 0 Å². The lowest BCUT2D eigenvalue weighted by Crippen LogP contribution is -2.49. The van der Waals surface area contributed by atoms with Crippen LogP contribution >= 0.6 is 0 Å². The zero-order chi connectivity index (χ0) is 19.4. The average Bonchev–Trinajstić information content (AvgIpc) is 2.75. The van der Waals surface area contributed by atoms with Crippen molar-refractivity contribution in [2.45, 2.75) is 76.4 Å². The van der Waals surface area contributed by atoms with Gasteiger partial charge >= 0.3 is 0 Å². The number of rotatable bonds is 8. The number of nitrogens with one attached hydrogen (secondary N) is 2. The molecule has 0 amide bonds. The summed E-state index contributed by atoms with van der Waals surface area (Å²) >= 11 is 0. The Morgan fingerprint density at radius 2 is 1.79 bits per heavy atom. The summed E-state index contributed by atoms with van der Waals surface area (Å²) in [4.78, 5) is 7.10. The number of likely N-dealkylation sites (tertiary alicyclic amines) is 1. The lowest BCUT2D eigenvalue weighted by atomic mass is 9.88. The van der Waals surface area contributed by atoms with Gasteiger partial charge in [-0.3, -0.25) is 4.99 Å². The first kappa shape index (κ1) is 21.8. The van der Waals surface area contributed by atoms with Crippen LogP contribution in [0.3, 0.4) is 0 Å². The van der Waals surface area contributed by atoms with Crippen molar-refractivity contribution < 1.29 is 9.47 Å². The molecular weight excluding hydrogens is 352 g/mol. The minimum absolute atomic E-state index is 0.394. The Morgan fingerprint density at radius 1 is 1.04 bits per heavy atom. The predicted octanol–water partition coefficient (Wildman–Crippen LogP) is 2.78. The van der Waals surface area contributed by atoms with Gasteiger partial charge in [0.1, 0.15) is 0 Å². The van der Waals surface area contributed by atoms with Crippen LogP contribution in [0.25, 0.3) is 0 Å². The fourth-order valence-electron chi connectivity index (χ4n) is 4.75. The highest BCUT2D eigenvalue weighted by Gasteiger charge is 2.23. The quantitative estimate of drug-likeness (QED) is 0.377. The zero-order valence-corrected chi connectivity index (χ0v) is 18.0. The van der Waals surface area contributed by atoms with Crippen molar-refractivity contribution in [3.05, 3.63) is 0 Å². The van der Waals surface area contributed by atoms with Gasteiger partial charge in [-0.25, -0.2) is 0 Å². The van der Waals surface area contributed by atoms with Gasteiger partial charge < -0.3 is 25.0 Å². The molecule has 0 bridgehead atoms. The highest BCUT2D eigenvalue weighted by atomic mass is 16.5. The first-order valence-electron chi connectivity index (χ1n) is 11.7. The fourth-order valence-corrected chi connectivity index (χ4v) is 4.75. The third-order valence-corrected chi connectivity index (χ3v) is 6.53. The second-order valence-electron chi connectivity index (χ2n) is 8.76. The molecule has 0 atom stereocenters. The molecule has 3 rings (SSSR count). The van der Waals surface area contributed by atoms with Crippen LogP contribution in [0.5, 0.6) is 0 Å². The Kier molecular flexibility index (Phi) is 9.88. The van der Waals surface area contributed by atoms with E-state index in [0.29, 0.717) is 12.1 Å². The molecule has 0 unspecified atom stereocenters. The Morgan fingerprint density at radius 3 is 2.50 bits per heavy atom. The lowest BCUT2D eigenvalue weighted by Gasteiger charge is -2.36. The van der Waals surface area contributed by atoms with Crippen molar-refractivity contribution >= 4 is 5.96 Å². The Balaban J connectivity index is 1.23. The number of piperidine rings is 1. The second-order valence-corrected chi connectivity index (χ2v) is 8.76. The van der Waals surface area contributed by atoms with E-state index in [0.717, 1.165) is 57.5 Å². The maximum atomic E-state index is 5.94. The smallest absolute Gasteiger partial charge is 0.191 e. The van der Waals surface area contributed by atoms with Crippen LogP contribution in [0.15, 0.2) is 4.99 Å². The van der Waals surface area contributed by atoms with Gasteiger partial charge in [0.05, 0.1) is 6.10 Å². The van der Waals surface area contributed by atoms with Gasteiger partial charge in [-0.05, 0) is 50.9 Å². The van der Waals surface area contributed by atoms with Crippen LogP contribution in [0.1, 0.15) is 64.2 Å². The molecule has 1 aliphatic carbocycles. The predicted molar refractivity (Wildman–Crippen MR) is 115 cm³/mol. The van der Waals surface area contributed by atoms with E-state index in [4.69, 9.17) is 9.47 Å². The molecule has 162 valence electrons. The Bertz CT molecular complexity index is 440. The minimum atomic E-state index is 0.394. The maximum absolute atomic E-state index is 5.94. The van der Waals surface area contributed by atoms with E-state index in [1.54, 1.807) is 0 Å². The van der Waals surface area contributed by atoms with Gasteiger partial charge in [-0.2, -0.15) is 0 Å². The average molecular weight is 395 g/mol. The van der Waals surface area contributed by atoms with Gasteiger partial charge in [0.25, 0.3) is 0 Å². The molecule has 0 spiro atoms. The molecule has 0 radical (unpaired) electrons. The number of aliphatic imine (C=N–C) groups is 1. The molecule has 6 heteroatoms. The maximum Gasteiger partial charge on any atom is 0.191 e. The molecule has 2 N–H and O–H groups in total. The molecule has 28 heavy (non-hydrogen) atoms. The Labute approximate surface area is 171 Å². The van der Waals surface area contributed by atoms with Gasteiger partial charge in [0.2, 0.25) is 0 Å². The van der Waals surface area contributed by atoms with Crippen LogP contribution in [0.4, 0.5) is 0 Å². The van der Waals surface area contributed by atoms with Crippen LogP contribution in [0.2, 0.25) is 0 Å². The first-order valence-corrected chi connectivity index (χ1v) is 11.7. The number of guanidine groups is 1. The first-order chi connectivity index (χ1) is 13.8. The minimum Gasteiger partial charge on any atom is -0.381 e. The van der Waals surface area contributed by atoms with E-state index in [9.17, 15) is 0 Å². The highest BCUT2D eigenvalue weighted by Crippen LogP contribution is 2.25. The van der Waals surface area contributed by atoms with Crippen LogP contribution in [-0.2, 0) is 9.47 Å². The summed E-state index contributed by atoms with van der Waals surface area (Å²) in [6.07, 6.45) is 13.2. The molecule has 2 heterocycles. The van der Waals surface area contributed by atoms with Gasteiger partial charge in [-0.1, -0.05) is 19.3 Å². The van der Waals surface area contributed by atoms with Crippen molar-refractivity contribution in [1.82, 2.24) is 15.5 Å². The largest absolute Gasteiger partial charge is 0.381 e. The number of ether oxygens (including phenoxy) is 2. The van der Waals surface area contributed by atoms with E-state index in [1.807, 2.05) is 7.05 Å². The summed E-state index contributed by atoms with van der Waals surface area (Å²) in [5.41, 5.74) is 0. The molecule has 3 aliphatic rings. The van der Waals surface area contributed by atoms with Gasteiger partial charge in [0, 0.05) is 59.1 Å². The summed E-state index contributed by atoms with van der Waals surface area (Å²) < 4.78 is 11.3. The molecule has 3 fully saturated rings. The molecule has 0 aromatic rings. The van der Waals surface area contributed by atoms with E-state index in [2.05, 4.69) is 20.5 Å². The topological polar surface area (TPSA) is 58.1 Å². The van der Waals surface area contributed by atoms with Crippen molar-refractivity contribution in [2.75, 3.05) is 53.0 Å². The summed E-state index contributed by atoms with van der Waals surface area (Å²) in [5, 5.41) is 7.08. The molecule has 1 saturated carbocycles. The van der Waals surface area contributed by atoms with E-state index in [1.165, 1.54) is 64.6 Å². The normalized spacial score (nSPS) is 24.4. The molecular formula is C22H42N4O2. The molecule has 6 nitrogen and oxygen atoms in total. The van der Waals surface area contributed by atoms with E-state index in [-0.39, 0.29) is 0 Å². The van der Waals surface area contributed by atoms with Crippen LogP contribution in [0, 0.1) is 5.92 Å². The standard InChI is InChI=1S/C22H42N4O2/c1-23-22(24-12-5-15-28-21-10-16-27-17-11-21)25-20-8-13-26(14-9-20)18-19-6-3-2-4-7-19/h19-21H,2-18H2,1H3,(H2,23,24,25).